The molecule has 2 aromatic rings. The number of carbonyl (C=O) groups is 1. The highest BCUT2D eigenvalue weighted by Gasteiger charge is 2.26. The normalized spacial score (nSPS) is 16.2. The average molecular weight is 512 g/mol. The Labute approximate surface area is 208 Å². The third-order valence-corrected chi connectivity index (χ3v) is 7.21. The second kappa shape index (κ2) is 12.3. The van der Waals surface area contributed by atoms with Crippen molar-refractivity contribution in [3.8, 4) is 0 Å². The number of rotatable bonds is 10. The lowest BCUT2D eigenvalue weighted by Crippen LogP contribution is -2.39. The van der Waals surface area contributed by atoms with Gasteiger partial charge in [-0.1, -0.05) is 53.5 Å². The van der Waals surface area contributed by atoms with Gasteiger partial charge in [-0.25, -0.2) is 5.43 Å². The first-order valence-corrected chi connectivity index (χ1v) is 12.6. The van der Waals surface area contributed by atoms with Crippen molar-refractivity contribution in [2.24, 2.45) is 0 Å². The molecule has 2 unspecified atom stereocenters. The molecule has 1 aliphatic heterocycles. The smallest absolute Gasteiger partial charge is 0.227 e. The summed E-state index contributed by atoms with van der Waals surface area (Å²) in [6, 6.07) is 13.0. The first kappa shape index (κ1) is 26.1. The van der Waals surface area contributed by atoms with Gasteiger partial charge in [0.15, 0.2) is 0 Å². The van der Waals surface area contributed by atoms with Gasteiger partial charge in [0.2, 0.25) is 5.91 Å². The number of benzene rings is 2. The maximum absolute atomic E-state index is 13.2. The van der Waals surface area contributed by atoms with Crippen LogP contribution >= 0.6 is 23.2 Å². The minimum Gasteiger partial charge on any atom is -0.759 e. The first-order chi connectivity index (χ1) is 15.7. The van der Waals surface area contributed by atoms with E-state index in [9.17, 15) is 13.6 Å². The molecule has 0 aromatic heterocycles. The molecule has 2 aromatic carbocycles. The third kappa shape index (κ3) is 7.48. The van der Waals surface area contributed by atoms with Crippen LogP contribution in [-0.2, 0) is 29.0 Å². The Kier molecular flexibility index (Phi) is 9.69. The van der Waals surface area contributed by atoms with Gasteiger partial charge in [-0.05, 0) is 54.8 Å². The van der Waals surface area contributed by atoms with E-state index < -0.39 is 11.3 Å². The van der Waals surface area contributed by atoms with Crippen molar-refractivity contribution in [1.82, 2.24) is 19.6 Å². The van der Waals surface area contributed by atoms with E-state index in [-0.39, 0.29) is 18.4 Å². The van der Waals surface area contributed by atoms with Crippen LogP contribution in [-0.4, -0.2) is 62.6 Å². The Hall–Kier alpha value is -1.52. The summed E-state index contributed by atoms with van der Waals surface area (Å²) in [5, 5.41) is 0.896. The first-order valence-electron chi connectivity index (χ1n) is 10.8. The van der Waals surface area contributed by atoms with E-state index in [1.807, 2.05) is 37.4 Å². The fourth-order valence-corrected chi connectivity index (χ4v) is 4.44. The lowest BCUT2D eigenvalue weighted by atomic mass is 10.0. The maximum atomic E-state index is 13.2. The molecule has 1 aliphatic rings. The molecule has 0 saturated carbocycles. The topological polar surface area (TPSA) is 79.0 Å². The molecule has 1 N–H and O–H groups in total. The summed E-state index contributed by atoms with van der Waals surface area (Å²) in [6.07, 6.45) is 2.55. The molecule has 1 amide bonds. The SMILES string of the molecule is CN(C(=O)Cc1ccc(Cl)c(Cl)c1)C(CN1CCCC1)c1cccc(CNN(C)S(=O)[O-])c1. The van der Waals surface area contributed by atoms with E-state index in [4.69, 9.17) is 23.2 Å². The van der Waals surface area contributed by atoms with Gasteiger partial charge in [-0.3, -0.25) is 9.00 Å². The number of likely N-dealkylation sites (tertiary alicyclic amines) is 1. The number of amides is 1. The van der Waals surface area contributed by atoms with Crippen LogP contribution in [0.1, 0.15) is 35.6 Å². The summed E-state index contributed by atoms with van der Waals surface area (Å²) in [6.45, 7) is 3.14. The van der Waals surface area contributed by atoms with E-state index in [2.05, 4.69) is 10.3 Å². The van der Waals surface area contributed by atoms with Crippen molar-refractivity contribution in [3.05, 3.63) is 69.2 Å². The molecule has 3 rings (SSSR count). The lowest BCUT2D eigenvalue weighted by Gasteiger charge is -2.32. The Morgan fingerprint density at radius 3 is 2.52 bits per heavy atom. The molecule has 1 heterocycles. The van der Waals surface area contributed by atoms with E-state index in [0.717, 1.165) is 53.6 Å². The molecule has 33 heavy (non-hydrogen) atoms. The standard InChI is InChI=1S/C23H30Cl2N4O3S/c1-27(23(30)14-17-8-9-20(24)21(25)13-17)22(16-29-10-3-4-11-29)19-7-5-6-18(12-19)15-26-28(2)33(31)32/h5-9,12-13,22,26H,3-4,10-11,14-16H2,1-2H3,(H,31,32)/p-1. The number of halogens is 2. The minimum atomic E-state index is -2.34. The molecule has 180 valence electrons. The van der Waals surface area contributed by atoms with Crippen LogP contribution in [0.4, 0.5) is 0 Å². The van der Waals surface area contributed by atoms with Gasteiger partial charge in [-0.2, -0.15) is 4.41 Å². The van der Waals surface area contributed by atoms with E-state index in [0.29, 0.717) is 16.6 Å². The molecule has 0 aliphatic carbocycles. The second-order valence-corrected chi connectivity index (χ2v) is 10.0. The molecule has 1 saturated heterocycles. The summed E-state index contributed by atoms with van der Waals surface area (Å²) < 4.78 is 23.1. The van der Waals surface area contributed by atoms with Crippen molar-refractivity contribution in [3.63, 3.8) is 0 Å². The van der Waals surface area contributed by atoms with Crippen LogP contribution in [0.15, 0.2) is 42.5 Å². The summed E-state index contributed by atoms with van der Waals surface area (Å²) in [7, 11) is 3.28. The summed E-state index contributed by atoms with van der Waals surface area (Å²) in [5.41, 5.74) is 5.59. The molecule has 0 bridgehead atoms. The molecule has 10 heteroatoms. The lowest BCUT2D eigenvalue weighted by molar-refractivity contribution is -0.131. The molecule has 0 radical (unpaired) electrons. The fourth-order valence-electron chi connectivity index (χ4n) is 3.95. The predicted molar refractivity (Wildman–Crippen MR) is 131 cm³/mol. The Morgan fingerprint density at radius 2 is 1.85 bits per heavy atom. The van der Waals surface area contributed by atoms with Gasteiger partial charge in [-0.15, -0.1) is 0 Å². The van der Waals surface area contributed by atoms with Gasteiger partial charge in [0.25, 0.3) is 0 Å². The quantitative estimate of drug-likeness (QED) is 0.389. The maximum Gasteiger partial charge on any atom is 0.227 e. The van der Waals surface area contributed by atoms with Crippen LogP contribution in [0.25, 0.3) is 0 Å². The number of nitrogens with one attached hydrogen (secondary N) is 1. The highest BCUT2D eigenvalue weighted by molar-refractivity contribution is 7.76. The van der Waals surface area contributed by atoms with Crippen molar-refractivity contribution in [2.75, 3.05) is 33.7 Å². The van der Waals surface area contributed by atoms with Crippen LogP contribution in [0, 0.1) is 0 Å². The van der Waals surface area contributed by atoms with Gasteiger partial charge in [0.05, 0.1) is 22.5 Å². The van der Waals surface area contributed by atoms with E-state index in [1.54, 1.807) is 17.0 Å². The van der Waals surface area contributed by atoms with Crippen molar-refractivity contribution in [1.29, 1.82) is 0 Å². The zero-order valence-electron chi connectivity index (χ0n) is 18.8. The third-order valence-electron chi connectivity index (χ3n) is 5.90. The van der Waals surface area contributed by atoms with Crippen LogP contribution < -0.4 is 5.43 Å². The molecular formula is C23H29Cl2N4O3S-. The molecular weight excluding hydrogens is 483 g/mol. The number of nitrogens with zero attached hydrogens (tertiary/aromatic N) is 3. The largest absolute Gasteiger partial charge is 0.759 e. The number of carbonyl (C=O) groups excluding carboxylic acids is 1. The summed E-state index contributed by atoms with van der Waals surface area (Å²) in [4.78, 5) is 17.4. The van der Waals surface area contributed by atoms with Gasteiger partial charge in [0, 0.05) is 38.5 Å². The molecule has 2 atom stereocenters. The van der Waals surface area contributed by atoms with Crippen molar-refractivity contribution in [2.45, 2.75) is 31.8 Å². The number of likely N-dealkylation sites (N-methyl/N-ethyl adjacent to an activating group) is 1. The highest BCUT2D eigenvalue weighted by atomic mass is 35.5. The fraction of sp³-hybridized carbons (Fsp3) is 0.435. The molecule has 0 spiro atoms. The number of hydrogen-bond acceptors (Lipinski definition) is 5. The number of hydrazine groups is 1. The summed E-state index contributed by atoms with van der Waals surface area (Å²) >= 11 is 9.79. The van der Waals surface area contributed by atoms with Crippen molar-refractivity contribution < 1.29 is 13.6 Å². The van der Waals surface area contributed by atoms with Crippen molar-refractivity contribution >= 4 is 40.4 Å². The minimum absolute atomic E-state index is 0.0115. The van der Waals surface area contributed by atoms with Crippen LogP contribution in [0.3, 0.4) is 0 Å². The van der Waals surface area contributed by atoms with E-state index in [1.165, 1.54) is 7.05 Å². The van der Waals surface area contributed by atoms with Gasteiger partial charge >= 0.3 is 0 Å². The van der Waals surface area contributed by atoms with Crippen LogP contribution in [0.2, 0.25) is 10.0 Å². The number of hydrogen-bond donors (Lipinski definition) is 1. The Bertz CT molecular complexity index is 988. The van der Waals surface area contributed by atoms with E-state index >= 15 is 0 Å². The predicted octanol–water partition coefficient (Wildman–Crippen LogP) is 3.56. The summed E-state index contributed by atoms with van der Waals surface area (Å²) in [5.74, 6) is -0.0115. The Balaban J connectivity index is 1.78. The average Bonchev–Trinajstić information content (AvgIpc) is 3.31. The van der Waals surface area contributed by atoms with Gasteiger partial charge < -0.3 is 14.4 Å². The Morgan fingerprint density at radius 1 is 1.12 bits per heavy atom. The second-order valence-electron chi connectivity index (χ2n) is 8.25. The van der Waals surface area contributed by atoms with Crippen LogP contribution in [0.5, 0.6) is 0 Å². The molecule has 1 fully saturated rings. The zero-order chi connectivity index (χ0) is 24.0. The van der Waals surface area contributed by atoms with Gasteiger partial charge in [0.1, 0.15) is 0 Å². The zero-order valence-corrected chi connectivity index (χ0v) is 21.1. The highest BCUT2D eigenvalue weighted by Crippen LogP contribution is 2.26. The molecule has 7 nitrogen and oxygen atoms in total. The monoisotopic (exact) mass is 511 g/mol.